The molecule has 0 aliphatic carbocycles. The number of hydrogen-bond donors (Lipinski definition) is 3. The van der Waals surface area contributed by atoms with Crippen molar-refractivity contribution in [1.29, 1.82) is 0 Å². The molecule has 19 heavy (non-hydrogen) atoms. The first-order valence-corrected chi connectivity index (χ1v) is 5.18. The van der Waals surface area contributed by atoms with Gasteiger partial charge in [-0.1, -0.05) is 0 Å². The van der Waals surface area contributed by atoms with E-state index in [1.54, 1.807) is 0 Å². The Balaban J connectivity index is 2.78. The molecule has 0 aromatic heterocycles. The monoisotopic (exact) mass is 276 g/mol. The van der Waals surface area contributed by atoms with Crippen LogP contribution in [-0.2, 0) is 4.79 Å². The topological polar surface area (TPSA) is 92.4 Å². The maximum absolute atomic E-state index is 11.9. The molecule has 0 saturated carbocycles. The molecule has 4 N–H and O–H groups in total. The molecular weight excluding hydrogens is 265 g/mol. The summed E-state index contributed by atoms with van der Waals surface area (Å²) in [5.41, 5.74) is 5.25. The van der Waals surface area contributed by atoms with Gasteiger partial charge in [-0.15, -0.1) is 0 Å². The summed E-state index contributed by atoms with van der Waals surface area (Å²) in [6.07, 6.45) is -6.50. The summed E-state index contributed by atoms with van der Waals surface area (Å²) in [5.74, 6) is -2.24. The van der Waals surface area contributed by atoms with Crippen LogP contribution in [0.25, 0.3) is 0 Å². The standard InChI is InChI=1S/C11H11F3N2O3/c12-11(13,14)4-3-9(17)16-8-5-6(15)1-2-7(8)10(18)19/h1-2,5H,3-4,15H2,(H,16,17)(H,18,19). The molecule has 0 fully saturated rings. The lowest BCUT2D eigenvalue weighted by atomic mass is 10.1. The number of nitrogen functional groups attached to an aromatic ring is 1. The van der Waals surface area contributed by atoms with Gasteiger partial charge in [0.15, 0.2) is 0 Å². The first-order valence-electron chi connectivity index (χ1n) is 5.18. The summed E-state index contributed by atoms with van der Waals surface area (Å²) in [5, 5.41) is 11.0. The number of amides is 1. The van der Waals surface area contributed by atoms with E-state index in [2.05, 4.69) is 5.32 Å². The average Bonchev–Trinajstić information content (AvgIpc) is 2.25. The summed E-state index contributed by atoms with van der Waals surface area (Å²) < 4.78 is 35.8. The van der Waals surface area contributed by atoms with Gasteiger partial charge in [0.2, 0.25) is 5.91 Å². The number of aromatic carboxylic acids is 1. The van der Waals surface area contributed by atoms with Crippen molar-refractivity contribution in [2.45, 2.75) is 19.0 Å². The minimum atomic E-state index is -4.44. The Morgan fingerprint density at radius 3 is 2.47 bits per heavy atom. The number of nitrogens with one attached hydrogen (secondary N) is 1. The fraction of sp³-hybridized carbons (Fsp3) is 0.273. The lowest BCUT2D eigenvalue weighted by Crippen LogP contribution is -2.18. The molecule has 0 unspecified atom stereocenters. The molecule has 0 spiro atoms. The molecule has 0 radical (unpaired) electrons. The normalized spacial score (nSPS) is 11.1. The number of carbonyl (C=O) groups excluding carboxylic acids is 1. The van der Waals surface area contributed by atoms with Gasteiger partial charge in [-0.05, 0) is 18.2 Å². The van der Waals surface area contributed by atoms with E-state index in [1.807, 2.05) is 0 Å². The van der Waals surface area contributed by atoms with Crippen molar-refractivity contribution in [3.05, 3.63) is 23.8 Å². The molecule has 0 heterocycles. The molecule has 1 aromatic rings. The highest BCUT2D eigenvalue weighted by molar-refractivity contribution is 6.01. The number of carboxylic acids is 1. The third kappa shape index (κ3) is 4.86. The van der Waals surface area contributed by atoms with Gasteiger partial charge in [0.1, 0.15) is 0 Å². The Hall–Kier alpha value is -2.25. The number of carboxylic acid groups (broad SMARTS) is 1. The van der Waals surface area contributed by atoms with E-state index in [1.165, 1.54) is 12.1 Å². The fourth-order valence-electron chi connectivity index (χ4n) is 1.32. The number of hydrogen-bond acceptors (Lipinski definition) is 3. The fourth-order valence-corrected chi connectivity index (χ4v) is 1.32. The molecule has 8 heteroatoms. The molecule has 1 amide bonds. The summed E-state index contributed by atoms with van der Waals surface area (Å²) in [7, 11) is 0. The summed E-state index contributed by atoms with van der Waals surface area (Å²) in [6.45, 7) is 0. The zero-order valence-corrected chi connectivity index (χ0v) is 9.62. The van der Waals surface area contributed by atoms with E-state index < -0.39 is 30.9 Å². The number of rotatable bonds is 4. The van der Waals surface area contributed by atoms with Gasteiger partial charge in [-0.25, -0.2) is 4.79 Å². The highest BCUT2D eigenvalue weighted by Gasteiger charge is 2.28. The van der Waals surface area contributed by atoms with Gasteiger partial charge >= 0.3 is 12.1 Å². The van der Waals surface area contributed by atoms with Gasteiger partial charge in [0.05, 0.1) is 17.7 Å². The average molecular weight is 276 g/mol. The zero-order chi connectivity index (χ0) is 14.6. The van der Waals surface area contributed by atoms with Crippen LogP contribution in [0.1, 0.15) is 23.2 Å². The van der Waals surface area contributed by atoms with E-state index in [0.717, 1.165) is 6.07 Å². The van der Waals surface area contributed by atoms with E-state index >= 15 is 0 Å². The van der Waals surface area contributed by atoms with Gasteiger partial charge in [0, 0.05) is 12.1 Å². The minimum absolute atomic E-state index is 0.125. The van der Waals surface area contributed by atoms with Gasteiger partial charge in [-0.2, -0.15) is 13.2 Å². The number of anilines is 2. The van der Waals surface area contributed by atoms with Crippen molar-refractivity contribution in [2.75, 3.05) is 11.1 Å². The van der Waals surface area contributed by atoms with Crippen LogP contribution in [0.15, 0.2) is 18.2 Å². The van der Waals surface area contributed by atoms with E-state index in [0.29, 0.717) is 0 Å². The number of halogens is 3. The summed E-state index contributed by atoms with van der Waals surface area (Å²) in [4.78, 5) is 22.2. The highest BCUT2D eigenvalue weighted by Crippen LogP contribution is 2.23. The van der Waals surface area contributed by atoms with Crippen LogP contribution in [0.5, 0.6) is 0 Å². The van der Waals surface area contributed by atoms with E-state index in [4.69, 9.17) is 10.8 Å². The quantitative estimate of drug-likeness (QED) is 0.735. The Labute approximate surface area is 106 Å². The number of carbonyl (C=O) groups is 2. The lowest BCUT2D eigenvalue weighted by Gasteiger charge is -2.10. The van der Waals surface area contributed by atoms with Gasteiger partial charge in [-0.3, -0.25) is 4.79 Å². The van der Waals surface area contributed by atoms with Crippen LogP contribution in [-0.4, -0.2) is 23.2 Å². The van der Waals surface area contributed by atoms with Gasteiger partial charge < -0.3 is 16.2 Å². The lowest BCUT2D eigenvalue weighted by molar-refractivity contribution is -0.142. The predicted octanol–water partition coefficient (Wildman–Crippen LogP) is 2.25. The largest absolute Gasteiger partial charge is 0.478 e. The molecular formula is C11H11F3N2O3. The Kier molecular flexibility index (Phi) is 4.36. The van der Waals surface area contributed by atoms with Crippen LogP contribution in [0.4, 0.5) is 24.5 Å². The van der Waals surface area contributed by atoms with Crippen LogP contribution >= 0.6 is 0 Å². The zero-order valence-electron chi connectivity index (χ0n) is 9.62. The van der Waals surface area contributed by atoms with Crippen LogP contribution < -0.4 is 11.1 Å². The minimum Gasteiger partial charge on any atom is -0.478 e. The molecule has 0 atom stereocenters. The smallest absolute Gasteiger partial charge is 0.389 e. The second kappa shape index (κ2) is 5.59. The molecule has 1 rings (SSSR count). The molecule has 0 aliphatic heterocycles. The molecule has 5 nitrogen and oxygen atoms in total. The van der Waals surface area contributed by atoms with Crippen molar-refractivity contribution in [2.24, 2.45) is 0 Å². The molecule has 104 valence electrons. The highest BCUT2D eigenvalue weighted by atomic mass is 19.4. The van der Waals surface area contributed by atoms with Gasteiger partial charge in [0.25, 0.3) is 0 Å². The number of alkyl halides is 3. The SMILES string of the molecule is Nc1ccc(C(=O)O)c(NC(=O)CCC(F)(F)F)c1. The third-order valence-corrected chi connectivity index (χ3v) is 2.18. The summed E-state index contributed by atoms with van der Waals surface area (Å²) >= 11 is 0. The van der Waals surface area contributed by atoms with Crippen LogP contribution in [0.2, 0.25) is 0 Å². The third-order valence-electron chi connectivity index (χ3n) is 2.18. The van der Waals surface area contributed by atoms with Crippen molar-refractivity contribution in [3.8, 4) is 0 Å². The second-order valence-electron chi connectivity index (χ2n) is 3.77. The maximum Gasteiger partial charge on any atom is 0.389 e. The Bertz CT molecular complexity index is 500. The van der Waals surface area contributed by atoms with Crippen molar-refractivity contribution in [1.82, 2.24) is 0 Å². The van der Waals surface area contributed by atoms with E-state index in [-0.39, 0.29) is 16.9 Å². The maximum atomic E-state index is 11.9. The first-order chi connectivity index (χ1) is 8.69. The second-order valence-corrected chi connectivity index (χ2v) is 3.77. The van der Waals surface area contributed by atoms with Crippen molar-refractivity contribution >= 4 is 23.3 Å². The van der Waals surface area contributed by atoms with E-state index in [9.17, 15) is 22.8 Å². The summed E-state index contributed by atoms with van der Waals surface area (Å²) in [6, 6.07) is 3.65. The van der Waals surface area contributed by atoms with Crippen LogP contribution in [0.3, 0.4) is 0 Å². The Morgan fingerprint density at radius 2 is 1.95 bits per heavy atom. The number of nitrogens with two attached hydrogens (primary N) is 1. The first kappa shape index (κ1) is 14.8. The molecule has 0 saturated heterocycles. The number of benzene rings is 1. The molecule has 0 aliphatic rings. The van der Waals surface area contributed by atoms with Crippen molar-refractivity contribution < 1.29 is 27.9 Å². The Morgan fingerprint density at radius 1 is 1.32 bits per heavy atom. The van der Waals surface area contributed by atoms with Crippen molar-refractivity contribution in [3.63, 3.8) is 0 Å². The molecule has 1 aromatic carbocycles. The predicted molar refractivity (Wildman–Crippen MR) is 61.7 cm³/mol. The van der Waals surface area contributed by atoms with Crippen LogP contribution in [0, 0.1) is 0 Å². The molecule has 0 bridgehead atoms.